The molecule has 0 aliphatic carbocycles. The first-order valence-corrected chi connectivity index (χ1v) is 10.3. The summed E-state index contributed by atoms with van der Waals surface area (Å²) in [6.07, 6.45) is 3.12. The molecule has 8 heteroatoms. The molecule has 0 spiro atoms. The van der Waals surface area contributed by atoms with Gasteiger partial charge in [0, 0.05) is 12.3 Å². The molecule has 2 aliphatic rings. The topological polar surface area (TPSA) is 98.1 Å². The maximum Gasteiger partial charge on any atom is 0.291 e. The Kier molecular flexibility index (Phi) is 5.20. The van der Waals surface area contributed by atoms with Crippen LogP contribution in [0.25, 0.3) is 0 Å². The first-order valence-electron chi connectivity index (χ1n) is 10.3. The summed E-state index contributed by atoms with van der Waals surface area (Å²) in [5, 5.41) is 2.73. The molecule has 3 amide bonds. The van der Waals surface area contributed by atoms with Crippen molar-refractivity contribution in [3.8, 4) is 11.5 Å². The minimum atomic E-state index is -0.349. The van der Waals surface area contributed by atoms with Gasteiger partial charge in [-0.2, -0.15) is 0 Å². The van der Waals surface area contributed by atoms with Crippen LogP contribution in [0.15, 0.2) is 65.3 Å². The fraction of sp³-hybridized carbons (Fsp3) is 0.208. The number of benzene rings is 2. The number of carbonyl (C=O) groups is 3. The second-order valence-electron chi connectivity index (χ2n) is 7.62. The summed E-state index contributed by atoms with van der Waals surface area (Å²) in [4.78, 5) is 38.7. The van der Waals surface area contributed by atoms with Crippen molar-refractivity contribution in [1.29, 1.82) is 0 Å². The predicted molar refractivity (Wildman–Crippen MR) is 114 cm³/mol. The molecule has 1 unspecified atom stereocenters. The molecule has 8 nitrogen and oxygen atoms in total. The molecule has 32 heavy (non-hydrogen) atoms. The van der Waals surface area contributed by atoms with Crippen molar-refractivity contribution in [1.82, 2.24) is 4.90 Å². The summed E-state index contributed by atoms with van der Waals surface area (Å²) < 4.78 is 16.5. The lowest BCUT2D eigenvalue weighted by Gasteiger charge is -2.17. The summed E-state index contributed by atoms with van der Waals surface area (Å²) in [6.45, 7) is 0.935. The van der Waals surface area contributed by atoms with E-state index in [0.717, 1.165) is 12.8 Å². The maximum atomic E-state index is 12.8. The number of imide groups is 1. The minimum Gasteiger partial charge on any atom is -0.459 e. The van der Waals surface area contributed by atoms with E-state index in [9.17, 15) is 14.4 Å². The standard InChI is InChI=1S/C24H20N2O6/c27-22(21-4-2-12-31-21)25-15-5-7-16(8-6-15)32-17-9-10-19-20(13-17)24(29)26(23(19)28)14-18-3-1-11-30-18/h2,4-10,12-13,18H,1,3,11,14H2,(H,25,27). The average molecular weight is 432 g/mol. The first-order chi connectivity index (χ1) is 15.6. The molecule has 1 N–H and O–H groups in total. The van der Waals surface area contributed by atoms with Crippen LogP contribution in [0.2, 0.25) is 0 Å². The lowest BCUT2D eigenvalue weighted by molar-refractivity contribution is 0.0475. The number of carbonyl (C=O) groups excluding carboxylic acids is 3. The van der Waals surface area contributed by atoms with Gasteiger partial charge in [0.05, 0.1) is 30.0 Å². The number of hydrogen-bond acceptors (Lipinski definition) is 6. The Balaban J connectivity index is 1.26. The van der Waals surface area contributed by atoms with Gasteiger partial charge in [-0.25, -0.2) is 0 Å². The van der Waals surface area contributed by atoms with Gasteiger partial charge in [-0.15, -0.1) is 0 Å². The average Bonchev–Trinajstić information content (AvgIpc) is 3.55. The molecule has 1 aromatic heterocycles. The van der Waals surface area contributed by atoms with Crippen molar-refractivity contribution in [2.24, 2.45) is 0 Å². The van der Waals surface area contributed by atoms with Gasteiger partial charge in [-0.1, -0.05) is 0 Å². The Morgan fingerprint density at radius 2 is 1.81 bits per heavy atom. The van der Waals surface area contributed by atoms with E-state index in [1.165, 1.54) is 11.2 Å². The Morgan fingerprint density at radius 1 is 1.03 bits per heavy atom. The molecule has 2 aromatic carbocycles. The van der Waals surface area contributed by atoms with Crippen molar-refractivity contribution < 1.29 is 28.3 Å². The Morgan fingerprint density at radius 3 is 2.53 bits per heavy atom. The number of rotatable bonds is 6. The van der Waals surface area contributed by atoms with Gasteiger partial charge in [0.1, 0.15) is 11.5 Å². The van der Waals surface area contributed by atoms with E-state index in [2.05, 4.69) is 5.32 Å². The number of furan rings is 1. The zero-order valence-electron chi connectivity index (χ0n) is 17.1. The van der Waals surface area contributed by atoms with Crippen LogP contribution in [0.5, 0.6) is 11.5 Å². The summed E-state index contributed by atoms with van der Waals surface area (Å²) >= 11 is 0. The van der Waals surface area contributed by atoms with E-state index < -0.39 is 0 Å². The van der Waals surface area contributed by atoms with Gasteiger partial charge in [0.15, 0.2) is 5.76 Å². The lowest BCUT2D eigenvalue weighted by atomic mass is 10.1. The minimum absolute atomic E-state index is 0.0975. The fourth-order valence-corrected chi connectivity index (χ4v) is 3.83. The zero-order chi connectivity index (χ0) is 22.1. The second-order valence-corrected chi connectivity index (χ2v) is 7.62. The van der Waals surface area contributed by atoms with Gasteiger partial charge < -0.3 is 19.2 Å². The number of anilines is 1. The molecule has 1 atom stereocenters. The van der Waals surface area contributed by atoms with Crippen LogP contribution in [0.1, 0.15) is 44.1 Å². The van der Waals surface area contributed by atoms with E-state index in [1.54, 1.807) is 54.6 Å². The molecule has 5 rings (SSSR count). The Bertz CT molecular complexity index is 1160. The number of ether oxygens (including phenoxy) is 2. The number of nitrogens with one attached hydrogen (secondary N) is 1. The van der Waals surface area contributed by atoms with E-state index in [1.807, 2.05) is 0 Å². The quantitative estimate of drug-likeness (QED) is 0.589. The van der Waals surface area contributed by atoms with Gasteiger partial charge in [0.25, 0.3) is 17.7 Å². The maximum absolute atomic E-state index is 12.8. The van der Waals surface area contributed by atoms with Crippen LogP contribution in [-0.2, 0) is 4.74 Å². The third kappa shape index (κ3) is 3.88. The third-order valence-electron chi connectivity index (χ3n) is 5.45. The number of nitrogens with zero attached hydrogens (tertiary/aromatic N) is 1. The highest BCUT2D eigenvalue weighted by molar-refractivity contribution is 6.21. The predicted octanol–water partition coefficient (Wildman–Crippen LogP) is 4.10. The molecule has 0 bridgehead atoms. The highest BCUT2D eigenvalue weighted by Crippen LogP contribution is 2.31. The van der Waals surface area contributed by atoms with Crippen molar-refractivity contribution in [3.63, 3.8) is 0 Å². The molecule has 3 aromatic rings. The van der Waals surface area contributed by atoms with Gasteiger partial charge in [-0.3, -0.25) is 19.3 Å². The summed E-state index contributed by atoms with van der Waals surface area (Å²) in [5.74, 6) is 0.199. The van der Waals surface area contributed by atoms with Crippen molar-refractivity contribution >= 4 is 23.4 Å². The lowest BCUT2D eigenvalue weighted by Crippen LogP contribution is -2.36. The van der Waals surface area contributed by atoms with E-state index in [-0.39, 0.29) is 36.1 Å². The van der Waals surface area contributed by atoms with Gasteiger partial charge >= 0.3 is 0 Å². The van der Waals surface area contributed by atoms with Gasteiger partial charge in [-0.05, 0) is 67.4 Å². The molecule has 0 saturated carbocycles. The highest BCUT2D eigenvalue weighted by Gasteiger charge is 2.37. The molecule has 1 fully saturated rings. The Labute approximate surface area is 183 Å². The second kappa shape index (κ2) is 8.32. The summed E-state index contributed by atoms with van der Waals surface area (Å²) in [6, 6.07) is 14.9. The van der Waals surface area contributed by atoms with Crippen molar-refractivity contribution in [2.45, 2.75) is 18.9 Å². The first kappa shape index (κ1) is 20.0. The van der Waals surface area contributed by atoms with Crippen molar-refractivity contribution in [3.05, 3.63) is 77.7 Å². The molecule has 2 aliphatic heterocycles. The third-order valence-corrected chi connectivity index (χ3v) is 5.45. The van der Waals surface area contributed by atoms with Gasteiger partial charge in [0.2, 0.25) is 0 Å². The molecule has 0 radical (unpaired) electrons. The molecule has 3 heterocycles. The molecular formula is C24H20N2O6. The normalized spacial score (nSPS) is 17.5. The number of amides is 3. The molecular weight excluding hydrogens is 412 g/mol. The summed E-state index contributed by atoms with van der Waals surface area (Å²) in [7, 11) is 0. The summed E-state index contributed by atoms with van der Waals surface area (Å²) in [5.41, 5.74) is 1.28. The SMILES string of the molecule is O=C(Nc1ccc(Oc2ccc3c(c2)C(=O)N(CC2CCCO2)C3=O)cc1)c1ccco1. The van der Waals surface area contributed by atoms with Crippen LogP contribution in [0, 0.1) is 0 Å². The van der Waals surface area contributed by atoms with E-state index >= 15 is 0 Å². The number of hydrogen-bond donors (Lipinski definition) is 1. The smallest absolute Gasteiger partial charge is 0.291 e. The number of fused-ring (bicyclic) bond motifs is 1. The molecule has 1 saturated heterocycles. The highest BCUT2D eigenvalue weighted by atomic mass is 16.5. The molecule has 162 valence electrons. The largest absolute Gasteiger partial charge is 0.459 e. The zero-order valence-corrected chi connectivity index (χ0v) is 17.1. The van der Waals surface area contributed by atoms with Crippen LogP contribution in [0.4, 0.5) is 5.69 Å². The van der Waals surface area contributed by atoms with E-state index in [0.29, 0.717) is 34.9 Å². The van der Waals surface area contributed by atoms with Crippen LogP contribution in [-0.4, -0.2) is 41.9 Å². The van der Waals surface area contributed by atoms with E-state index in [4.69, 9.17) is 13.9 Å². The monoisotopic (exact) mass is 432 g/mol. The van der Waals surface area contributed by atoms with Crippen LogP contribution < -0.4 is 10.1 Å². The van der Waals surface area contributed by atoms with Crippen LogP contribution in [0.3, 0.4) is 0 Å². The van der Waals surface area contributed by atoms with Crippen molar-refractivity contribution in [2.75, 3.05) is 18.5 Å². The Hall–Kier alpha value is -3.91. The fourth-order valence-electron chi connectivity index (χ4n) is 3.83. The van der Waals surface area contributed by atoms with Crippen LogP contribution >= 0.6 is 0 Å².